The fourth-order valence-corrected chi connectivity index (χ4v) is 4.50. The topological polar surface area (TPSA) is 109 Å². The molecule has 2 aromatic rings. The molecule has 2 aliphatic rings. The third-order valence-corrected chi connectivity index (χ3v) is 6.35. The molecule has 8 nitrogen and oxygen atoms in total. The molecular formula is C23H24ClF2N5O3. The number of benzene rings is 1. The maximum atomic E-state index is 13.7. The molecule has 0 bridgehead atoms. The third kappa shape index (κ3) is 5.18. The Kier molecular flexibility index (Phi) is 7.08. The van der Waals surface area contributed by atoms with Crippen molar-refractivity contribution in [2.24, 2.45) is 5.73 Å². The van der Waals surface area contributed by atoms with Crippen LogP contribution in [0.15, 0.2) is 36.5 Å². The molecular weight excluding hydrogens is 468 g/mol. The molecule has 34 heavy (non-hydrogen) atoms. The van der Waals surface area contributed by atoms with Crippen molar-refractivity contribution >= 4 is 29.3 Å². The average Bonchev–Trinajstić information content (AvgIpc) is 3.25. The maximum absolute atomic E-state index is 13.7. The second-order valence-electron chi connectivity index (χ2n) is 8.52. The highest BCUT2D eigenvalue weighted by Crippen LogP contribution is 2.24. The van der Waals surface area contributed by atoms with E-state index in [2.05, 4.69) is 10.3 Å². The van der Waals surface area contributed by atoms with E-state index in [0.717, 1.165) is 29.9 Å². The number of nitrogens with two attached hydrogens (primary N) is 1. The van der Waals surface area contributed by atoms with Gasteiger partial charge in [-0.3, -0.25) is 14.4 Å². The molecule has 3 N–H and O–H groups in total. The zero-order valence-electron chi connectivity index (χ0n) is 18.2. The van der Waals surface area contributed by atoms with Crippen LogP contribution in [-0.2, 0) is 4.79 Å². The molecule has 1 saturated heterocycles. The first-order chi connectivity index (χ1) is 16.2. The number of rotatable bonds is 4. The minimum absolute atomic E-state index is 0.0113. The van der Waals surface area contributed by atoms with E-state index in [0.29, 0.717) is 18.9 Å². The van der Waals surface area contributed by atoms with E-state index in [1.807, 2.05) is 0 Å². The van der Waals surface area contributed by atoms with Gasteiger partial charge in [0.2, 0.25) is 0 Å². The first-order valence-corrected chi connectivity index (χ1v) is 11.4. The lowest BCUT2D eigenvalue weighted by Crippen LogP contribution is -2.56. The summed E-state index contributed by atoms with van der Waals surface area (Å²) in [4.78, 5) is 46.1. The fraction of sp³-hybridized carbons (Fsp3) is 0.391. The van der Waals surface area contributed by atoms with Gasteiger partial charge in [0.05, 0.1) is 5.56 Å². The van der Waals surface area contributed by atoms with E-state index in [-0.39, 0.29) is 41.5 Å². The summed E-state index contributed by atoms with van der Waals surface area (Å²) >= 11 is 5.81. The van der Waals surface area contributed by atoms with Gasteiger partial charge in [-0.25, -0.2) is 13.8 Å². The quantitative estimate of drug-likeness (QED) is 0.638. The van der Waals surface area contributed by atoms with Crippen LogP contribution in [0, 0.1) is 11.6 Å². The van der Waals surface area contributed by atoms with Crippen LogP contribution < -0.4 is 11.1 Å². The molecule has 1 aromatic carbocycles. The van der Waals surface area contributed by atoms with Crippen molar-refractivity contribution in [2.75, 3.05) is 13.1 Å². The molecule has 1 unspecified atom stereocenters. The standard InChI is InChI=1S/C23H24ClF2N5O3/c24-19-6-1-13(12-28-19)22(33)30-7-8-31(23(34)14-9-15(25)11-16(26)10-14)21(30)20(32)29-18-4-2-17(27)3-5-18/h1,6,9-12,17-18,21H,2-5,7-8,27H2,(H,29,32). The Bertz CT molecular complexity index is 1070. The molecule has 1 aliphatic carbocycles. The molecule has 1 atom stereocenters. The number of nitrogens with one attached hydrogen (secondary N) is 1. The Morgan fingerprint density at radius 2 is 1.53 bits per heavy atom. The number of aromatic nitrogens is 1. The molecule has 1 aromatic heterocycles. The number of amides is 3. The van der Waals surface area contributed by atoms with Crippen LogP contribution in [0.1, 0.15) is 46.4 Å². The average molecular weight is 492 g/mol. The van der Waals surface area contributed by atoms with Crippen LogP contribution in [0.5, 0.6) is 0 Å². The van der Waals surface area contributed by atoms with Crippen molar-refractivity contribution in [3.63, 3.8) is 0 Å². The summed E-state index contributed by atoms with van der Waals surface area (Å²) in [5.41, 5.74) is 5.89. The number of halogens is 3. The lowest BCUT2D eigenvalue weighted by Gasteiger charge is -2.32. The Morgan fingerprint density at radius 1 is 0.941 bits per heavy atom. The smallest absolute Gasteiger partial charge is 0.264 e. The van der Waals surface area contributed by atoms with E-state index in [1.54, 1.807) is 0 Å². The molecule has 11 heteroatoms. The Morgan fingerprint density at radius 3 is 2.09 bits per heavy atom. The highest BCUT2D eigenvalue weighted by Gasteiger charge is 2.44. The minimum Gasteiger partial charge on any atom is -0.350 e. The second-order valence-corrected chi connectivity index (χ2v) is 8.91. The number of hydrogen-bond donors (Lipinski definition) is 2. The van der Waals surface area contributed by atoms with Gasteiger partial charge in [0.25, 0.3) is 17.7 Å². The van der Waals surface area contributed by atoms with E-state index in [4.69, 9.17) is 17.3 Å². The van der Waals surface area contributed by atoms with E-state index >= 15 is 0 Å². The normalized spacial score (nSPS) is 22.5. The van der Waals surface area contributed by atoms with Crippen molar-refractivity contribution < 1.29 is 23.2 Å². The predicted molar refractivity (Wildman–Crippen MR) is 120 cm³/mol. The Balaban J connectivity index is 1.62. The van der Waals surface area contributed by atoms with Gasteiger partial charge in [-0.2, -0.15) is 0 Å². The van der Waals surface area contributed by atoms with Crippen LogP contribution in [0.4, 0.5) is 8.78 Å². The first kappa shape index (κ1) is 24.0. The van der Waals surface area contributed by atoms with Crippen molar-refractivity contribution in [2.45, 2.75) is 43.9 Å². The maximum Gasteiger partial charge on any atom is 0.264 e. The van der Waals surface area contributed by atoms with E-state index < -0.39 is 35.5 Å². The summed E-state index contributed by atoms with van der Waals surface area (Å²) in [5, 5.41) is 3.12. The number of nitrogens with zero attached hydrogens (tertiary/aromatic N) is 3. The van der Waals surface area contributed by atoms with Crippen LogP contribution in [0.25, 0.3) is 0 Å². The molecule has 4 rings (SSSR count). The zero-order chi connectivity index (χ0) is 24.4. The lowest BCUT2D eigenvalue weighted by atomic mass is 9.92. The van der Waals surface area contributed by atoms with Gasteiger partial charge in [0.15, 0.2) is 6.17 Å². The van der Waals surface area contributed by atoms with E-state index in [9.17, 15) is 23.2 Å². The van der Waals surface area contributed by atoms with Crippen LogP contribution in [0.3, 0.4) is 0 Å². The Hall–Kier alpha value is -3.11. The largest absolute Gasteiger partial charge is 0.350 e. The number of carbonyl (C=O) groups excluding carboxylic acids is 3. The van der Waals surface area contributed by atoms with Gasteiger partial charge in [-0.1, -0.05) is 11.6 Å². The van der Waals surface area contributed by atoms with Crippen LogP contribution >= 0.6 is 11.6 Å². The number of hydrogen-bond acceptors (Lipinski definition) is 5. The highest BCUT2D eigenvalue weighted by atomic mass is 35.5. The predicted octanol–water partition coefficient (Wildman–Crippen LogP) is 2.32. The van der Waals surface area contributed by atoms with Gasteiger partial charge < -0.3 is 20.9 Å². The fourth-order valence-electron chi connectivity index (χ4n) is 4.39. The number of pyridine rings is 1. The summed E-state index contributed by atoms with van der Waals surface area (Å²) in [6.45, 7) is 0.0655. The van der Waals surface area contributed by atoms with Crippen molar-refractivity contribution in [3.05, 3.63) is 64.4 Å². The molecule has 1 aliphatic heterocycles. The molecule has 0 radical (unpaired) electrons. The number of carbonyl (C=O) groups is 3. The summed E-state index contributed by atoms with van der Waals surface area (Å²) in [6, 6.07) is 5.31. The summed E-state index contributed by atoms with van der Waals surface area (Å²) in [5.74, 6) is -3.65. The molecule has 0 spiro atoms. The molecule has 2 fully saturated rings. The van der Waals surface area contributed by atoms with Gasteiger partial charge >= 0.3 is 0 Å². The summed E-state index contributed by atoms with van der Waals surface area (Å²) < 4.78 is 27.5. The van der Waals surface area contributed by atoms with Gasteiger partial charge in [-0.05, 0) is 49.9 Å². The lowest BCUT2D eigenvalue weighted by molar-refractivity contribution is -0.129. The SMILES string of the molecule is NC1CCC(NC(=O)C2N(C(=O)c3ccc(Cl)nc3)CCN2C(=O)c2cc(F)cc(F)c2)CC1. The monoisotopic (exact) mass is 491 g/mol. The molecule has 2 heterocycles. The minimum atomic E-state index is -1.29. The summed E-state index contributed by atoms with van der Waals surface area (Å²) in [6.07, 6.45) is 2.85. The molecule has 1 saturated carbocycles. The van der Waals surface area contributed by atoms with Gasteiger partial charge in [0, 0.05) is 43.0 Å². The molecule has 3 amide bonds. The van der Waals surface area contributed by atoms with Crippen LogP contribution in [0.2, 0.25) is 5.15 Å². The Labute approximate surface area is 200 Å². The van der Waals surface area contributed by atoms with Gasteiger partial charge in [-0.15, -0.1) is 0 Å². The van der Waals surface area contributed by atoms with Crippen molar-refractivity contribution in [3.8, 4) is 0 Å². The van der Waals surface area contributed by atoms with Crippen molar-refractivity contribution in [1.29, 1.82) is 0 Å². The van der Waals surface area contributed by atoms with Crippen LogP contribution in [-0.4, -0.2) is 63.8 Å². The second kappa shape index (κ2) is 10.0. The molecule has 180 valence electrons. The summed E-state index contributed by atoms with van der Waals surface area (Å²) in [7, 11) is 0. The van der Waals surface area contributed by atoms with Gasteiger partial charge in [0.1, 0.15) is 16.8 Å². The van der Waals surface area contributed by atoms with E-state index in [1.165, 1.54) is 23.2 Å². The highest BCUT2D eigenvalue weighted by molar-refractivity contribution is 6.29. The first-order valence-electron chi connectivity index (χ1n) is 11.0. The zero-order valence-corrected chi connectivity index (χ0v) is 19.0. The third-order valence-electron chi connectivity index (χ3n) is 6.13. The van der Waals surface area contributed by atoms with Crippen molar-refractivity contribution in [1.82, 2.24) is 20.1 Å².